The van der Waals surface area contributed by atoms with Gasteiger partial charge in [0.05, 0.1) is 0 Å². The fourth-order valence-corrected chi connectivity index (χ4v) is 6.49. The van der Waals surface area contributed by atoms with Crippen LogP contribution in [0.2, 0.25) is 0 Å². The van der Waals surface area contributed by atoms with Crippen molar-refractivity contribution in [2.24, 2.45) is 0 Å². The van der Waals surface area contributed by atoms with Crippen LogP contribution in [0.25, 0.3) is 0 Å². The average molecular weight is 529 g/mol. The SMILES string of the molecule is CCCCCCCCCCC1(CCCCCCCCCC)Cc2c(cc(C(C)(C)C)c(O)c2C(C)(C)C)O1. The third kappa shape index (κ3) is 10.1. The molecule has 0 unspecified atom stereocenters. The number of hydrogen-bond donors (Lipinski definition) is 1. The molecule has 1 heterocycles. The summed E-state index contributed by atoms with van der Waals surface area (Å²) in [5, 5.41) is 11.5. The number of rotatable bonds is 18. The van der Waals surface area contributed by atoms with Crippen molar-refractivity contribution in [1.82, 2.24) is 0 Å². The number of benzene rings is 1. The van der Waals surface area contributed by atoms with E-state index < -0.39 is 0 Å². The van der Waals surface area contributed by atoms with Crippen molar-refractivity contribution >= 4 is 0 Å². The van der Waals surface area contributed by atoms with E-state index in [9.17, 15) is 5.11 Å². The molecular weight excluding hydrogens is 464 g/mol. The quantitative estimate of drug-likeness (QED) is 0.192. The second-order valence-electron chi connectivity index (χ2n) is 14.5. The summed E-state index contributed by atoms with van der Waals surface area (Å²) in [7, 11) is 0. The van der Waals surface area contributed by atoms with Gasteiger partial charge in [-0.15, -0.1) is 0 Å². The largest absolute Gasteiger partial charge is 0.507 e. The molecule has 38 heavy (non-hydrogen) atoms. The van der Waals surface area contributed by atoms with Crippen LogP contribution in [0.15, 0.2) is 6.07 Å². The van der Waals surface area contributed by atoms with Gasteiger partial charge in [-0.25, -0.2) is 0 Å². The Kier molecular flexibility index (Phi) is 13.5. The third-order valence-corrected chi connectivity index (χ3v) is 8.72. The van der Waals surface area contributed by atoms with Crippen molar-refractivity contribution in [3.05, 3.63) is 22.8 Å². The monoisotopic (exact) mass is 528 g/mol. The van der Waals surface area contributed by atoms with E-state index in [1.165, 1.54) is 108 Å². The molecule has 0 radical (unpaired) electrons. The van der Waals surface area contributed by atoms with Gasteiger partial charge >= 0.3 is 0 Å². The summed E-state index contributed by atoms with van der Waals surface area (Å²) in [6.45, 7) is 17.9. The molecular formula is C36H64O2. The molecule has 0 saturated carbocycles. The van der Waals surface area contributed by atoms with E-state index in [0.29, 0.717) is 5.75 Å². The predicted molar refractivity (Wildman–Crippen MR) is 167 cm³/mol. The van der Waals surface area contributed by atoms with Crippen LogP contribution in [0.5, 0.6) is 11.5 Å². The maximum Gasteiger partial charge on any atom is 0.124 e. The molecule has 1 aromatic carbocycles. The minimum Gasteiger partial charge on any atom is -0.507 e. The molecule has 1 N–H and O–H groups in total. The van der Waals surface area contributed by atoms with E-state index in [0.717, 1.165) is 36.1 Å². The van der Waals surface area contributed by atoms with Gasteiger partial charge in [0.2, 0.25) is 0 Å². The number of fused-ring (bicyclic) bond motifs is 1. The van der Waals surface area contributed by atoms with Crippen molar-refractivity contribution in [2.75, 3.05) is 0 Å². The first-order valence-corrected chi connectivity index (χ1v) is 16.5. The molecule has 2 nitrogen and oxygen atoms in total. The molecule has 0 bridgehead atoms. The molecule has 1 aliphatic heterocycles. The average Bonchev–Trinajstić information content (AvgIpc) is 3.18. The Labute approximate surface area is 237 Å². The van der Waals surface area contributed by atoms with Gasteiger partial charge in [0.15, 0.2) is 0 Å². The molecule has 2 rings (SSSR count). The highest BCUT2D eigenvalue weighted by molar-refractivity contribution is 5.59. The van der Waals surface area contributed by atoms with Crippen LogP contribution < -0.4 is 4.74 Å². The lowest BCUT2D eigenvalue weighted by atomic mass is 9.75. The second kappa shape index (κ2) is 15.6. The topological polar surface area (TPSA) is 29.5 Å². The van der Waals surface area contributed by atoms with Crippen LogP contribution in [-0.2, 0) is 17.3 Å². The predicted octanol–water partition coefficient (Wildman–Crippen LogP) is 11.7. The summed E-state index contributed by atoms with van der Waals surface area (Å²) in [4.78, 5) is 0. The lowest BCUT2D eigenvalue weighted by Gasteiger charge is -2.29. The normalized spacial score (nSPS) is 15.1. The van der Waals surface area contributed by atoms with E-state index in [1.54, 1.807) is 0 Å². The highest BCUT2D eigenvalue weighted by atomic mass is 16.5. The zero-order valence-corrected chi connectivity index (χ0v) is 26.9. The van der Waals surface area contributed by atoms with Crippen molar-refractivity contribution < 1.29 is 9.84 Å². The standard InChI is InChI=1S/C36H64O2/c1-9-11-13-15-17-19-21-23-25-36(26-24-22-20-18-16-14-12-10-2)28-29-31(38-36)27-30(34(3,4)5)33(37)32(29)35(6,7)8/h27,37H,9-26,28H2,1-8H3. The van der Waals surface area contributed by atoms with E-state index in [2.05, 4.69) is 61.5 Å². The molecule has 0 aromatic heterocycles. The lowest BCUT2D eigenvalue weighted by molar-refractivity contribution is 0.0682. The maximum atomic E-state index is 11.5. The summed E-state index contributed by atoms with van der Waals surface area (Å²) in [5.41, 5.74) is 3.08. The zero-order chi connectivity index (χ0) is 28.2. The Morgan fingerprint density at radius 2 is 1.08 bits per heavy atom. The summed E-state index contributed by atoms with van der Waals surface area (Å²) in [6.07, 6.45) is 24.8. The minimum absolute atomic E-state index is 0.101. The molecule has 0 amide bonds. The first-order chi connectivity index (χ1) is 17.9. The summed E-state index contributed by atoms with van der Waals surface area (Å²) >= 11 is 0. The zero-order valence-electron chi connectivity index (χ0n) is 26.9. The van der Waals surface area contributed by atoms with Crippen LogP contribution in [0.1, 0.15) is 188 Å². The molecule has 2 heteroatoms. The fraction of sp³-hybridized carbons (Fsp3) is 0.833. The van der Waals surface area contributed by atoms with Gasteiger partial charge in [-0.1, -0.05) is 145 Å². The fourth-order valence-electron chi connectivity index (χ4n) is 6.49. The van der Waals surface area contributed by atoms with Gasteiger partial charge in [0, 0.05) is 23.1 Å². The van der Waals surface area contributed by atoms with Gasteiger partial charge in [-0.05, 0) is 42.6 Å². The number of phenols is 1. The Bertz CT molecular complexity index is 788. The van der Waals surface area contributed by atoms with Crippen LogP contribution in [0.3, 0.4) is 0 Å². The van der Waals surface area contributed by atoms with Gasteiger partial charge in [-0.2, -0.15) is 0 Å². The van der Waals surface area contributed by atoms with Crippen LogP contribution >= 0.6 is 0 Å². The van der Waals surface area contributed by atoms with Crippen LogP contribution in [0, 0.1) is 0 Å². The molecule has 0 spiro atoms. The van der Waals surface area contributed by atoms with Gasteiger partial charge in [0.1, 0.15) is 17.1 Å². The Hall–Kier alpha value is -1.18. The molecule has 1 aromatic rings. The first-order valence-electron chi connectivity index (χ1n) is 16.5. The van der Waals surface area contributed by atoms with Gasteiger partial charge < -0.3 is 9.84 Å². The highest BCUT2D eigenvalue weighted by Crippen LogP contribution is 2.51. The number of phenolic OH excluding ortho intramolecular Hbond substituents is 1. The van der Waals surface area contributed by atoms with E-state index in [1.807, 2.05) is 0 Å². The smallest absolute Gasteiger partial charge is 0.124 e. The highest BCUT2D eigenvalue weighted by Gasteiger charge is 2.43. The molecule has 0 saturated heterocycles. The molecule has 0 fully saturated rings. The third-order valence-electron chi connectivity index (χ3n) is 8.72. The first kappa shape index (κ1) is 33.0. The Morgan fingerprint density at radius 1 is 0.658 bits per heavy atom. The summed E-state index contributed by atoms with van der Waals surface area (Å²) < 4.78 is 7.03. The lowest BCUT2D eigenvalue weighted by Crippen LogP contribution is -2.34. The Balaban J connectivity index is 2.14. The number of ether oxygens (including phenoxy) is 1. The van der Waals surface area contributed by atoms with Crippen molar-refractivity contribution in [2.45, 2.75) is 194 Å². The van der Waals surface area contributed by atoms with E-state index >= 15 is 0 Å². The minimum atomic E-state index is -0.122. The summed E-state index contributed by atoms with van der Waals surface area (Å²) in [5.74, 6) is 1.55. The molecule has 220 valence electrons. The van der Waals surface area contributed by atoms with Crippen LogP contribution in [-0.4, -0.2) is 10.7 Å². The number of hydrogen-bond acceptors (Lipinski definition) is 2. The van der Waals surface area contributed by atoms with Gasteiger partial charge in [0.25, 0.3) is 0 Å². The van der Waals surface area contributed by atoms with Crippen molar-refractivity contribution in [3.63, 3.8) is 0 Å². The molecule has 0 atom stereocenters. The van der Waals surface area contributed by atoms with Crippen LogP contribution in [0.4, 0.5) is 0 Å². The summed E-state index contributed by atoms with van der Waals surface area (Å²) in [6, 6.07) is 2.18. The number of unbranched alkanes of at least 4 members (excludes halogenated alkanes) is 14. The Morgan fingerprint density at radius 3 is 1.47 bits per heavy atom. The molecule has 0 aliphatic carbocycles. The van der Waals surface area contributed by atoms with E-state index in [-0.39, 0.29) is 16.4 Å². The number of aromatic hydroxyl groups is 1. The van der Waals surface area contributed by atoms with E-state index in [4.69, 9.17) is 4.74 Å². The second-order valence-corrected chi connectivity index (χ2v) is 14.5. The maximum absolute atomic E-state index is 11.5. The van der Waals surface area contributed by atoms with Crippen molar-refractivity contribution in [1.29, 1.82) is 0 Å². The van der Waals surface area contributed by atoms with Gasteiger partial charge in [-0.3, -0.25) is 0 Å². The van der Waals surface area contributed by atoms with Crippen molar-refractivity contribution in [3.8, 4) is 11.5 Å². The molecule has 1 aliphatic rings.